The lowest BCUT2D eigenvalue weighted by Gasteiger charge is -2.24. The number of nitrogens with zero attached hydrogens (tertiary/aromatic N) is 4. The summed E-state index contributed by atoms with van der Waals surface area (Å²) in [5.41, 5.74) is 3.82. The first-order chi connectivity index (χ1) is 12.0. The Morgan fingerprint density at radius 2 is 2.08 bits per heavy atom. The minimum absolute atomic E-state index is 0.0500. The molecule has 2 aliphatic rings. The molecule has 6 heteroatoms. The predicted molar refractivity (Wildman–Crippen MR) is 94.4 cm³/mol. The number of carbonyl (C=O) groups is 2. The lowest BCUT2D eigenvalue weighted by Crippen LogP contribution is -2.30. The van der Waals surface area contributed by atoms with Crippen LogP contribution in [0, 0.1) is 0 Å². The summed E-state index contributed by atoms with van der Waals surface area (Å²) in [5, 5.41) is 4.24. The van der Waals surface area contributed by atoms with Crippen molar-refractivity contribution in [3.05, 3.63) is 47.3 Å². The number of anilines is 1. The Balaban J connectivity index is 1.60. The fourth-order valence-corrected chi connectivity index (χ4v) is 4.00. The smallest absolute Gasteiger partial charge is 0.254 e. The number of likely N-dealkylation sites (tertiary alicyclic amines) is 1. The molecule has 0 aliphatic carbocycles. The molecular formula is C19H22N4O2. The predicted octanol–water partition coefficient (Wildman–Crippen LogP) is 2.31. The van der Waals surface area contributed by atoms with Gasteiger partial charge in [0.2, 0.25) is 5.91 Å². The van der Waals surface area contributed by atoms with Gasteiger partial charge in [-0.05, 0) is 43.0 Å². The lowest BCUT2D eigenvalue weighted by molar-refractivity contribution is -0.116. The van der Waals surface area contributed by atoms with Gasteiger partial charge in [-0.2, -0.15) is 5.10 Å². The summed E-state index contributed by atoms with van der Waals surface area (Å²) >= 11 is 0. The number of carbonyl (C=O) groups excluding carboxylic acids is 2. The molecule has 1 atom stereocenters. The number of benzene rings is 1. The van der Waals surface area contributed by atoms with E-state index in [9.17, 15) is 9.59 Å². The highest BCUT2D eigenvalue weighted by atomic mass is 16.2. The highest BCUT2D eigenvalue weighted by Crippen LogP contribution is 2.34. The van der Waals surface area contributed by atoms with Crippen LogP contribution in [0.3, 0.4) is 0 Å². The summed E-state index contributed by atoms with van der Waals surface area (Å²) in [7, 11) is 1.89. The second-order valence-electron chi connectivity index (χ2n) is 6.87. The SMILES string of the molecule is CC(=O)N1CCc2cc(C(=O)N3CCC[C@H]3c3cnn(C)c3)ccc21. The summed E-state index contributed by atoms with van der Waals surface area (Å²) in [5.74, 6) is 0.115. The van der Waals surface area contributed by atoms with Crippen molar-refractivity contribution in [1.29, 1.82) is 0 Å². The Kier molecular flexibility index (Phi) is 3.82. The number of fused-ring (bicyclic) bond motifs is 1. The third-order valence-electron chi connectivity index (χ3n) is 5.23. The van der Waals surface area contributed by atoms with Crippen molar-refractivity contribution in [2.24, 2.45) is 7.05 Å². The zero-order valence-corrected chi connectivity index (χ0v) is 14.6. The zero-order valence-electron chi connectivity index (χ0n) is 14.6. The van der Waals surface area contributed by atoms with Crippen LogP contribution in [0.1, 0.15) is 47.3 Å². The van der Waals surface area contributed by atoms with E-state index >= 15 is 0 Å². The van der Waals surface area contributed by atoms with E-state index in [2.05, 4.69) is 5.10 Å². The summed E-state index contributed by atoms with van der Waals surface area (Å²) < 4.78 is 1.78. The largest absolute Gasteiger partial charge is 0.331 e. The molecule has 1 saturated heterocycles. The van der Waals surface area contributed by atoms with E-state index in [1.165, 1.54) is 0 Å². The minimum atomic E-state index is 0.0500. The summed E-state index contributed by atoms with van der Waals surface area (Å²) in [6, 6.07) is 5.81. The highest BCUT2D eigenvalue weighted by Gasteiger charge is 2.32. The minimum Gasteiger partial charge on any atom is -0.331 e. The first-order valence-corrected chi connectivity index (χ1v) is 8.75. The van der Waals surface area contributed by atoms with Crippen molar-refractivity contribution in [2.45, 2.75) is 32.2 Å². The first-order valence-electron chi connectivity index (χ1n) is 8.75. The van der Waals surface area contributed by atoms with Crippen molar-refractivity contribution in [2.75, 3.05) is 18.0 Å². The lowest BCUT2D eigenvalue weighted by atomic mass is 10.1. The summed E-state index contributed by atoms with van der Waals surface area (Å²) in [6.07, 6.45) is 6.63. The Hall–Kier alpha value is -2.63. The molecule has 1 aromatic carbocycles. The van der Waals surface area contributed by atoms with Crippen LogP contribution < -0.4 is 4.90 Å². The molecule has 2 aromatic rings. The Morgan fingerprint density at radius 3 is 2.80 bits per heavy atom. The van der Waals surface area contributed by atoms with Gasteiger partial charge in [0.25, 0.3) is 5.91 Å². The number of amides is 2. The molecule has 0 saturated carbocycles. The van der Waals surface area contributed by atoms with E-state index in [-0.39, 0.29) is 17.9 Å². The maximum atomic E-state index is 13.1. The zero-order chi connectivity index (χ0) is 17.6. The van der Waals surface area contributed by atoms with Gasteiger partial charge in [-0.1, -0.05) is 0 Å². The highest BCUT2D eigenvalue weighted by molar-refractivity contribution is 5.98. The Labute approximate surface area is 147 Å². The molecule has 130 valence electrons. The molecule has 0 spiro atoms. The van der Waals surface area contributed by atoms with E-state index in [1.54, 1.807) is 16.5 Å². The second kappa shape index (κ2) is 6.02. The van der Waals surface area contributed by atoms with Crippen LogP contribution in [0.25, 0.3) is 0 Å². The Morgan fingerprint density at radius 1 is 1.24 bits per heavy atom. The topological polar surface area (TPSA) is 58.4 Å². The number of hydrogen-bond acceptors (Lipinski definition) is 3. The van der Waals surface area contributed by atoms with Crippen molar-refractivity contribution in [1.82, 2.24) is 14.7 Å². The van der Waals surface area contributed by atoms with Crippen LogP contribution >= 0.6 is 0 Å². The molecule has 2 amide bonds. The number of aryl methyl sites for hydroxylation is 1. The number of rotatable bonds is 2. The standard InChI is InChI=1S/C19H22N4O2/c1-13(24)22-9-7-14-10-15(5-6-18(14)22)19(25)23-8-3-4-17(23)16-11-20-21(2)12-16/h5-6,10-12,17H,3-4,7-9H2,1-2H3/t17-/m0/s1. The molecule has 25 heavy (non-hydrogen) atoms. The van der Waals surface area contributed by atoms with Crippen LogP contribution in [0.4, 0.5) is 5.69 Å². The van der Waals surface area contributed by atoms with Gasteiger partial charge in [0.15, 0.2) is 0 Å². The molecule has 0 N–H and O–H groups in total. The van der Waals surface area contributed by atoms with E-state index < -0.39 is 0 Å². The van der Waals surface area contributed by atoms with Crippen LogP contribution in [0.5, 0.6) is 0 Å². The van der Waals surface area contributed by atoms with E-state index in [4.69, 9.17) is 0 Å². The summed E-state index contributed by atoms with van der Waals surface area (Å²) in [6.45, 7) is 3.05. The molecule has 0 unspecified atom stereocenters. The average Bonchev–Trinajstić information content (AvgIpc) is 3.31. The normalized spacial score (nSPS) is 19.4. The van der Waals surface area contributed by atoms with Gasteiger partial charge in [0.05, 0.1) is 12.2 Å². The quantitative estimate of drug-likeness (QED) is 0.844. The number of hydrogen-bond donors (Lipinski definition) is 0. The fraction of sp³-hybridized carbons (Fsp3) is 0.421. The maximum Gasteiger partial charge on any atom is 0.254 e. The van der Waals surface area contributed by atoms with Gasteiger partial charge in [-0.25, -0.2) is 0 Å². The molecule has 3 heterocycles. The van der Waals surface area contributed by atoms with Gasteiger partial charge in [-0.3, -0.25) is 14.3 Å². The third kappa shape index (κ3) is 2.71. The number of aromatic nitrogens is 2. The van der Waals surface area contributed by atoms with E-state index in [1.807, 2.05) is 42.5 Å². The fourth-order valence-electron chi connectivity index (χ4n) is 4.00. The van der Waals surface area contributed by atoms with E-state index in [0.717, 1.165) is 42.6 Å². The molecule has 2 aliphatic heterocycles. The monoisotopic (exact) mass is 338 g/mol. The summed E-state index contributed by atoms with van der Waals surface area (Å²) in [4.78, 5) is 28.5. The average molecular weight is 338 g/mol. The van der Waals surface area contributed by atoms with Gasteiger partial charge in [0, 0.05) is 50.1 Å². The molecule has 1 fully saturated rings. The van der Waals surface area contributed by atoms with Crippen LogP contribution in [0.15, 0.2) is 30.6 Å². The Bertz CT molecular complexity index is 842. The van der Waals surface area contributed by atoms with Crippen LogP contribution in [0.2, 0.25) is 0 Å². The van der Waals surface area contributed by atoms with Gasteiger partial charge < -0.3 is 9.80 Å². The van der Waals surface area contributed by atoms with Crippen molar-refractivity contribution in [3.63, 3.8) is 0 Å². The van der Waals surface area contributed by atoms with Crippen LogP contribution in [-0.2, 0) is 18.3 Å². The van der Waals surface area contributed by atoms with Crippen molar-refractivity contribution in [3.8, 4) is 0 Å². The van der Waals surface area contributed by atoms with Crippen molar-refractivity contribution < 1.29 is 9.59 Å². The molecule has 0 bridgehead atoms. The van der Waals surface area contributed by atoms with Crippen molar-refractivity contribution >= 4 is 17.5 Å². The first kappa shape index (κ1) is 15.9. The second-order valence-corrected chi connectivity index (χ2v) is 6.87. The molecular weight excluding hydrogens is 316 g/mol. The molecule has 6 nitrogen and oxygen atoms in total. The maximum absolute atomic E-state index is 13.1. The van der Waals surface area contributed by atoms with Gasteiger partial charge in [0.1, 0.15) is 0 Å². The van der Waals surface area contributed by atoms with Gasteiger partial charge in [-0.15, -0.1) is 0 Å². The van der Waals surface area contributed by atoms with Gasteiger partial charge >= 0.3 is 0 Å². The molecule has 1 aromatic heterocycles. The third-order valence-corrected chi connectivity index (χ3v) is 5.23. The van der Waals surface area contributed by atoms with Crippen LogP contribution in [-0.4, -0.2) is 39.6 Å². The molecule has 0 radical (unpaired) electrons. The van der Waals surface area contributed by atoms with E-state index in [0.29, 0.717) is 12.1 Å². The molecule has 4 rings (SSSR count).